The van der Waals surface area contributed by atoms with Gasteiger partial charge in [-0.3, -0.25) is 15.0 Å². The SMILES string of the molecule is Cc1cc(C)cc(N(c2ccc(-c3ccc4ccc5cc6cccnc6c6ccc3c4c56)cc2)c2cc(C)cc(C)c2)c1.Cc1ccccc1N(c1ccc(-c2ccc3ccc4cc5cccnc5c5ccc2c3c45)cc1)c1ccccc1F.Fc1c(F)c(F)c(N(c2ccccc2)c2ccc(-c3ccc4ccc5cc6cccnc6c6ccc3c4c56)cc2)c(F)c1F. The number of hydrogen-bond donors (Lipinski definition) is 0. The molecule has 3 heterocycles. The van der Waals surface area contributed by atoms with Crippen molar-refractivity contribution in [1.82, 2.24) is 15.0 Å². The zero-order valence-electron chi connectivity index (χ0n) is 70.2. The number of nitrogens with zero attached hydrogens (tertiary/aromatic N) is 6. The molecule has 21 aromatic carbocycles. The molecule has 0 fully saturated rings. The van der Waals surface area contributed by atoms with Crippen LogP contribution in [0.3, 0.4) is 0 Å². The lowest BCUT2D eigenvalue weighted by molar-refractivity contribution is 0.380. The van der Waals surface area contributed by atoms with Crippen molar-refractivity contribution in [1.29, 1.82) is 0 Å². The first-order valence-corrected chi connectivity index (χ1v) is 42.6. The van der Waals surface area contributed by atoms with Crippen LogP contribution >= 0.6 is 0 Å². The van der Waals surface area contributed by atoms with Crippen molar-refractivity contribution < 1.29 is 26.3 Å². The summed E-state index contributed by atoms with van der Waals surface area (Å²) < 4.78 is 87.8. The van der Waals surface area contributed by atoms with Gasteiger partial charge in [0.2, 0.25) is 5.82 Å². The van der Waals surface area contributed by atoms with Crippen molar-refractivity contribution in [2.45, 2.75) is 34.6 Å². The molecular weight excluding hydrogens is 1590 g/mol. The molecule has 0 aliphatic rings. The summed E-state index contributed by atoms with van der Waals surface area (Å²) in [6.07, 6.45) is 5.55. The van der Waals surface area contributed by atoms with Crippen molar-refractivity contribution in [2.75, 3.05) is 14.7 Å². The number of rotatable bonds is 12. The van der Waals surface area contributed by atoms with Crippen LogP contribution in [-0.2, 0) is 0 Å². The Bertz CT molecular complexity index is 8370. The molecule has 24 aromatic rings. The van der Waals surface area contributed by atoms with Crippen molar-refractivity contribution in [2.24, 2.45) is 0 Å². The average Bonchev–Trinajstić information content (AvgIpc) is 0.729. The molecule has 0 saturated carbocycles. The molecule has 24 rings (SSSR count). The van der Waals surface area contributed by atoms with E-state index in [-0.39, 0.29) is 17.2 Å². The van der Waals surface area contributed by atoms with Gasteiger partial charge in [-0.05, 0) is 304 Å². The van der Waals surface area contributed by atoms with Crippen LogP contribution in [0.15, 0.2) is 370 Å². The fourth-order valence-corrected chi connectivity index (χ4v) is 19.6. The number of fused-ring (bicyclic) bond motifs is 6. The second-order valence-corrected chi connectivity index (χ2v) is 33.3. The standard InChI is InChI=1S/C41H32N2.C38H25FN2.C37H19F5N2/c1-25-18-26(2)21-34(20-25)43(35-22-27(3)19-28(4)23-35)33-12-9-29(10-13-33)36-14-11-30-7-8-31-24-32-6-5-17-42-41(32)38-16-15-37(36)39(30)40(31)38;1-24-7-2-4-10-34(24)41(35-11-5-3-9-33(35)39)29-17-14-25(15-18-29)30-19-16-26-12-13-27-23-28-8-6-22-40-38(28)32-21-20-31(30)36(26)37(27)32;38-31-32(39)34(41)37(35(42)33(31)40)44(24-6-2-1-3-7-24)25-13-10-20(11-14-25)26-15-12-21-8-9-22-19-23-5-4-18-43-36(23)28-17-16-27(26)29(21)30(22)28/h5-24H,1-4H3;2-23H,1H3;1-19H. The number of hydrogen-bond acceptors (Lipinski definition) is 6. The largest absolute Gasteiger partial charge is 0.310 e. The zero-order chi connectivity index (χ0) is 86.9. The van der Waals surface area contributed by atoms with Crippen LogP contribution in [0, 0.1) is 69.5 Å². The number of aromatic nitrogens is 3. The number of benzene rings is 21. The van der Waals surface area contributed by atoms with Gasteiger partial charge in [0.15, 0.2) is 23.3 Å². The fourth-order valence-electron chi connectivity index (χ4n) is 19.6. The van der Waals surface area contributed by atoms with E-state index < -0.39 is 34.8 Å². The maximum absolute atomic E-state index is 15.1. The highest BCUT2D eigenvalue weighted by Crippen LogP contribution is 2.50. The lowest BCUT2D eigenvalue weighted by Crippen LogP contribution is -2.17. The molecule has 0 atom stereocenters. The predicted octanol–water partition coefficient (Wildman–Crippen LogP) is 33.2. The lowest BCUT2D eigenvalue weighted by Gasteiger charge is -2.27. The maximum atomic E-state index is 15.1. The maximum Gasteiger partial charge on any atom is 0.200 e. The number of pyridine rings is 3. The van der Waals surface area contributed by atoms with E-state index in [4.69, 9.17) is 9.97 Å². The summed E-state index contributed by atoms with van der Waals surface area (Å²) in [4.78, 5) is 19.5. The molecule has 0 saturated heterocycles. The van der Waals surface area contributed by atoms with E-state index in [9.17, 15) is 13.2 Å². The molecule has 0 spiro atoms. The topological polar surface area (TPSA) is 48.4 Å². The Morgan fingerprint density at radius 2 is 0.523 bits per heavy atom. The van der Waals surface area contributed by atoms with Crippen LogP contribution in [0.25, 0.3) is 163 Å². The van der Waals surface area contributed by atoms with Crippen molar-refractivity contribution in [3.05, 3.63) is 433 Å². The van der Waals surface area contributed by atoms with Gasteiger partial charge >= 0.3 is 0 Å². The smallest absolute Gasteiger partial charge is 0.200 e. The molecule has 0 unspecified atom stereocenters. The molecule has 6 nitrogen and oxygen atoms in total. The summed E-state index contributed by atoms with van der Waals surface area (Å²) in [7, 11) is 0. The summed E-state index contributed by atoms with van der Waals surface area (Å²) in [6.45, 7) is 10.7. The third-order valence-corrected chi connectivity index (χ3v) is 25.2. The summed E-state index contributed by atoms with van der Waals surface area (Å²) in [6, 6.07) is 119. The molecule has 0 N–H and O–H groups in total. The first-order chi connectivity index (χ1) is 62.5. The van der Waals surface area contributed by atoms with E-state index in [0.29, 0.717) is 5.69 Å². The number of para-hydroxylation sites is 3. The van der Waals surface area contributed by atoms with E-state index in [1.54, 1.807) is 54.7 Å². The lowest BCUT2D eigenvalue weighted by atomic mass is 9.89. The van der Waals surface area contributed by atoms with Crippen LogP contribution in [0.2, 0.25) is 0 Å². The molecule has 0 aliphatic heterocycles. The molecule has 0 radical (unpaired) electrons. The summed E-state index contributed by atoms with van der Waals surface area (Å²) in [5, 5.41) is 24.9. The molecule has 3 aromatic heterocycles. The Kier molecular flexibility index (Phi) is 19.1. The van der Waals surface area contributed by atoms with E-state index in [2.05, 4.69) is 275 Å². The minimum absolute atomic E-state index is 0.221. The Morgan fingerprint density at radius 1 is 0.211 bits per heavy atom. The highest BCUT2D eigenvalue weighted by molar-refractivity contribution is 6.33. The summed E-state index contributed by atoms with van der Waals surface area (Å²) in [5.74, 6) is -10.3. The monoisotopic (exact) mass is 1670 g/mol. The van der Waals surface area contributed by atoms with Gasteiger partial charge in [-0.25, -0.2) is 26.3 Å². The zero-order valence-corrected chi connectivity index (χ0v) is 70.2. The highest BCUT2D eigenvalue weighted by Gasteiger charge is 2.32. The normalized spacial score (nSPS) is 11.7. The Balaban J connectivity index is 0.000000113. The van der Waals surface area contributed by atoms with Crippen LogP contribution < -0.4 is 14.7 Å². The Morgan fingerprint density at radius 3 is 0.914 bits per heavy atom. The first-order valence-electron chi connectivity index (χ1n) is 42.6. The highest BCUT2D eigenvalue weighted by atomic mass is 19.2. The third kappa shape index (κ3) is 13.2. The minimum atomic E-state index is -2.20. The Labute approximate surface area is 733 Å². The van der Waals surface area contributed by atoms with Crippen molar-refractivity contribution in [3.8, 4) is 33.4 Å². The Hall–Kier alpha value is -16.1. The predicted molar refractivity (Wildman–Crippen MR) is 520 cm³/mol. The quantitative estimate of drug-likeness (QED) is 0.0399. The van der Waals surface area contributed by atoms with E-state index in [1.165, 1.54) is 139 Å². The molecule has 0 amide bonds. The van der Waals surface area contributed by atoms with Gasteiger partial charge in [-0.15, -0.1) is 0 Å². The van der Waals surface area contributed by atoms with Crippen LogP contribution in [0.5, 0.6) is 0 Å². The second-order valence-electron chi connectivity index (χ2n) is 33.3. The number of aryl methyl sites for hydroxylation is 5. The molecule has 12 heteroatoms. The van der Waals surface area contributed by atoms with Crippen LogP contribution in [-0.4, -0.2) is 15.0 Å². The van der Waals surface area contributed by atoms with Gasteiger partial charge in [0.1, 0.15) is 11.5 Å². The third-order valence-electron chi connectivity index (χ3n) is 25.2. The molecule has 0 bridgehead atoms. The van der Waals surface area contributed by atoms with Crippen molar-refractivity contribution >= 4 is 181 Å². The van der Waals surface area contributed by atoms with Crippen molar-refractivity contribution in [3.63, 3.8) is 0 Å². The fraction of sp³-hybridized carbons (Fsp3) is 0.0431. The second kappa shape index (κ2) is 31.3. The van der Waals surface area contributed by atoms with Gasteiger partial charge in [-0.2, -0.15) is 0 Å². The van der Waals surface area contributed by atoms with Gasteiger partial charge in [-0.1, -0.05) is 224 Å². The average molecular weight is 1670 g/mol. The molecule has 612 valence electrons. The molecule has 128 heavy (non-hydrogen) atoms. The van der Waals surface area contributed by atoms with E-state index in [0.717, 1.165) is 104 Å². The van der Waals surface area contributed by atoms with Crippen LogP contribution in [0.1, 0.15) is 27.8 Å². The van der Waals surface area contributed by atoms with E-state index >= 15 is 13.2 Å². The summed E-state index contributed by atoms with van der Waals surface area (Å²) in [5.41, 5.74) is 21.0. The summed E-state index contributed by atoms with van der Waals surface area (Å²) >= 11 is 0. The number of anilines is 9. The van der Waals surface area contributed by atoms with Gasteiger partial charge < -0.3 is 14.7 Å². The van der Waals surface area contributed by atoms with Gasteiger partial charge in [0.05, 0.1) is 22.2 Å². The van der Waals surface area contributed by atoms with Gasteiger partial charge in [0.25, 0.3) is 0 Å². The molecular formula is C116H76F6N6. The first kappa shape index (κ1) is 78.0. The number of halogens is 6. The van der Waals surface area contributed by atoms with Crippen LogP contribution in [0.4, 0.5) is 77.5 Å². The minimum Gasteiger partial charge on any atom is -0.310 e. The van der Waals surface area contributed by atoms with E-state index in [1.807, 2.05) is 71.9 Å². The van der Waals surface area contributed by atoms with Gasteiger partial charge in [0, 0.05) is 90.7 Å². The molecule has 0 aliphatic carbocycles.